The number of carbonyl (C=O) groups is 1. The molecule has 9 nitrogen and oxygen atoms in total. The second kappa shape index (κ2) is 11.0. The summed E-state index contributed by atoms with van der Waals surface area (Å²) in [5, 5.41) is 22.5. The molecular formula is C23H28N6O3S. The third-order valence-electron chi connectivity index (χ3n) is 5.28. The number of hydrogen-bond acceptors (Lipinski definition) is 7. The van der Waals surface area contributed by atoms with E-state index in [-0.39, 0.29) is 11.6 Å². The molecule has 33 heavy (non-hydrogen) atoms. The van der Waals surface area contributed by atoms with E-state index in [9.17, 15) is 14.9 Å². The van der Waals surface area contributed by atoms with Gasteiger partial charge >= 0.3 is 0 Å². The number of rotatable bonds is 10. The van der Waals surface area contributed by atoms with Crippen LogP contribution in [-0.2, 0) is 11.3 Å². The van der Waals surface area contributed by atoms with Crippen molar-refractivity contribution in [2.45, 2.75) is 44.6 Å². The van der Waals surface area contributed by atoms with Gasteiger partial charge in [-0.1, -0.05) is 11.8 Å². The zero-order valence-electron chi connectivity index (χ0n) is 19.2. The molecular weight excluding hydrogens is 440 g/mol. The number of non-ortho nitro benzene ring substituents is 1. The fraction of sp³-hybridized carbons (Fsp3) is 0.348. The van der Waals surface area contributed by atoms with Gasteiger partial charge in [-0.3, -0.25) is 14.9 Å². The lowest BCUT2D eigenvalue weighted by Crippen LogP contribution is -2.23. The second-order valence-corrected chi connectivity index (χ2v) is 8.63. The molecule has 1 unspecified atom stereocenters. The van der Waals surface area contributed by atoms with Crippen LogP contribution in [0.5, 0.6) is 0 Å². The monoisotopic (exact) mass is 468 g/mol. The highest BCUT2D eigenvalue weighted by Crippen LogP contribution is 2.28. The van der Waals surface area contributed by atoms with Crippen LogP contribution in [0.1, 0.15) is 27.7 Å². The van der Waals surface area contributed by atoms with Crippen molar-refractivity contribution in [1.82, 2.24) is 14.8 Å². The first-order valence-corrected chi connectivity index (χ1v) is 11.8. The fourth-order valence-electron chi connectivity index (χ4n) is 3.41. The molecule has 0 saturated carbocycles. The molecule has 0 fully saturated rings. The molecule has 10 heteroatoms. The number of benzene rings is 2. The zero-order valence-corrected chi connectivity index (χ0v) is 20.0. The minimum absolute atomic E-state index is 0.0240. The van der Waals surface area contributed by atoms with Crippen LogP contribution in [0.25, 0.3) is 11.4 Å². The number of carbonyl (C=O) groups excluding carboxylic acids is 1. The number of amides is 1. The Balaban J connectivity index is 1.71. The molecule has 2 aromatic carbocycles. The first-order valence-electron chi connectivity index (χ1n) is 10.9. The Hall–Kier alpha value is -3.40. The summed E-state index contributed by atoms with van der Waals surface area (Å²) in [5.74, 6) is 0.540. The summed E-state index contributed by atoms with van der Waals surface area (Å²) < 4.78 is 1.99. The van der Waals surface area contributed by atoms with Gasteiger partial charge in [0.05, 0.1) is 10.2 Å². The molecule has 0 radical (unpaired) electrons. The molecule has 1 aromatic heterocycles. The predicted octanol–water partition coefficient (Wildman–Crippen LogP) is 4.84. The highest BCUT2D eigenvalue weighted by atomic mass is 32.2. The van der Waals surface area contributed by atoms with E-state index >= 15 is 0 Å². The Kier molecular flexibility index (Phi) is 8.05. The molecule has 0 bridgehead atoms. The van der Waals surface area contributed by atoms with Gasteiger partial charge in [-0.15, -0.1) is 10.2 Å². The molecule has 0 spiro atoms. The van der Waals surface area contributed by atoms with Crippen LogP contribution < -0.4 is 10.2 Å². The van der Waals surface area contributed by atoms with E-state index in [4.69, 9.17) is 0 Å². The van der Waals surface area contributed by atoms with E-state index in [0.29, 0.717) is 17.4 Å². The Morgan fingerprint density at radius 2 is 1.73 bits per heavy atom. The third-order valence-corrected chi connectivity index (χ3v) is 6.36. The van der Waals surface area contributed by atoms with E-state index in [0.717, 1.165) is 30.2 Å². The smallest absolute Gasteiger partial charge is 0.269 e. The molecule has 3 aromatic rings. The van der Waals surface area contributed by atoms with Gasteiger partial charge in [-0.05, 0) is 64.1 Å². The van der Waals surface area contributed by atoms with Gasteiger partial charge in [0.15, 0.2) is 11.0 Å². The Labute approximate surface area is 197 Å². The van der Waals surface area contributed by atoms with Gasteiger partial charge in [0, 0.05) is 48.7 Å². The number of nitrogens with one attached hydrogen (secondary N) is 1. The maximum atomic E-state index is 12.6. The van der Waals surface area contributed by atoms with Crippen LogP contribution in [0.4, 0.5) is 17.1 Å². The van der Waals surface area contributed by atoms with Gasteiger partial charge in [-0.2, -0.15) is 0 Å². The minimum Gasteiger partial charge on any atom is -0.372 e. The third kappa shape index (κ3) is 5.70. The molecule has 1 atom stereocenters. The summed E-state index contributed by atoms with van der Waals surface area (Å²) >= 11 is 1.32. The van der Waals surface area contributed by atoms with Gasteiger partial charge < -0.3 is 14.8 Å². The average molecular weight is 469 g/mol. The number of nitrogens with zero attached hydrogens (tertiary/aromatic N) is 5. The molecule has 1 heterocycles. The van der Waals surface area contributed by atoms with E-state index in [2.05, 4.69) is 46.4 Å². The van der Waals surface area contributed by atoms with Crippen molar-refractivity contribution < 1.29 is 9.72 Å². The van der Waals surface area contributed by atoms with Crippen molar-refractivity contribution in [3.05, 3.63) is 58.6 Å². The van der Waals surface area contributed by atoms with Crippen molar-refractivity contribution in [2.24, 2.45) is 0 Å². The van der Waals surface area contributed by atoms with E-state index in [1.807, 2.05) is 23.6 Å². The normalized spacial score (nSPS) is 11.8. The highest BCUT2D eigenvalue weighted by molar-refractivity contribution is 8.00. The van der Waals surface area contributed by atoms with Gasteiger partial charge in [-0.25, -0.2) is 0 Å². The number of nitro groups is 1. The SMILES string of the molecule is CCN(CC)c1ccc(-c2nnc(SC(C)C(=O)Nc3ccc([N+](=O)[O-])cc3)n2CC)cc1. The van der Waals surface area contributed by atoms with Gasteiger partial charge in [0.25, 0.3) is 5.69 Å². The predicted molar refractivity (Wildman–Crippen MR) is 132 cm³/mol. The first-order chi connectivity index (χ1) is 15.9. The van der Waals surface area contributed by atoms with Crippen LogP contribution in [0.3, 0.4) is 0 Å². The Morgan fingerprint density at radius 1 is 1.09 bits per heavy atom. The van der Waals surface area contributed by atoms with Crippen LogP contribution in [-0.4, -0.2) is 43.9 Å². The number of nitro benzene ring substituents is 1. The van der Waals surface area contributed by atoms with Crippen molar-refractivity contribution in [3.63, 3.8) is 0 Å². The minimum atomic E-state index is -0.476. The Bertz CT molecular complexity index is 1090. The summed E-state index contributed by atoms with van der Waals surface area (Å²) in [6.07, 6.45) is 0. The summed E-state index contributed by atoms with van der Waals surface area (Å²) in [6.45, 7) is 10.6. The lowest BCUT2D eigenvalue weighted by molar-refractivity contribution is -0.384. The topological polar surface area (TPSA) is 106 Å². The zero-order chi connectivity index (χ0) is 24.0. The van der Waals surface area contributed by atoms with Crippen LogP contribution in [0, 0.1) is 10.1 Å². The summed E-state index contributed by atoms with van der Waals surface area (Å²) in [6, 6.07) is 14.0. The number of thioether (sulfide) groups is 1. The standard InChI is InChI=1S/C23H28N6O3S/c1-5-27(6-2)19-12-8-17(9-13-19)21-25-26-23(28(21)7-3)33-16(4)22(30)24-18-10-14-20(15-11-18)29(31)32/h8-16H,5-7H2,1-4H3,(H,24,30). The molecule has 3 rings (SSSR count). The maximum absolute atomic E-state index is 12.6. The average Bonchev–Trinajstić information content (AvgIpc) is 3.23. The lowest BCUT2D eigenvalue weighted by Gasteiger charge is -2.21. The van der Waals surface area contributed by atoms with E-state index in [1.54, 1.807) is 6.92 Å². The first kappa shape index (κ1) is 24.2. The van der Waals surface area contributed by atoms with E-state index in [1.165, 1.54) is 36.0 Å². The number of hydrogen-bond donors (Lipinski definition) is 1. The highest BCUT2D eigenvalue weighted by Gasteiger charge is 2.21. The lowest BCUT2D eigenvalue weighted by atomic mass is 10.2. The quantitative estimate of drug-likeness (QED) is 0.258. The summed E-state index contributed by atoms with van der Waals surface area (Å²) in [4.78, 5) is 25.2. The molecule has 0 aliphatic carbocycles. The van der Waals surface area contributed by atoms with Gasteiger partial charge in [0.1, 0.15) is 0 Å². The maximum Gasteiger partial charge on any atom is 0.269 e. The molecule has 1 amide bonds. The fourth-order valence-corrected chi connectivity index (χ4v) is 4.32. The van der Waals surface area contributed by atoms with Crippen molar-refractivity contribution in [3.8, 4) is 11.4 Å². The van der Waals surface area contributed by atoms with Crippen molar-refractivity contribution in [2.75, 3.05) is 23.3 Å². The molecule has 0 aliphatic rings. The van der Waals surface area contributed by atoms with Crippen LogP contribution >= 0.6 is 11.8 Å². The summed E-state index contributed by atoms with van der Waals surface area (Å²) in [7, 11) is 0. The van der Waals surface area contributed by atoms with Crippen LogP contribution in [0.15, 0.2) is 53.7 Å². The van der Waals surface area contributed by atoms with Crippen LogP contribution in [0.2, 0.25) is 0 Å². The van der Waals surface area contributed by atoms with Crippen molar-refractivity contribution >= 4 is 34.7 Å². The molecule has 174 valence electrons. The second-order valence-electron chi connectivity index (χ2n) is 7.32. The van der Waals surface area contributed by atoms with Gasteiger partial charge in [0.2, 0.25) is 5.91 Å². The van der Waals surface area contributed by atoms with Crippen molar-refractivity contribution in [1.29, 1.82) is 0 Å². The summed E-state index contributed by atoms with van der Waals surface area (Å²) in [5.41, 5.74) is 2.61. The molecule has 1 N–H and O–H groups in total. The molecule has 0 aliphatic heterocycles. The largest absolute Gasteiger partial charge is 0.372 e. The van der Waals surface area contributed by atoms with E-state index < -0.39 is 10.2 Å². The number of anilines is 2. The Morgan fingerprint density at radius 3 is 2.27 bits per heavy atom. The number of aromatic nitrogens is 3. The molecule has 0 saturated heterocycles.